The summed E-state index contributed by atoms with van der Waals surface area (Å²) in [6.07, 6.45) is 6.90. The van der Waals surface area contributed by atoms with Gasteiger partial charge in [0.05, 0.1) is 0 Å². The zero-order chi connectivity index (χ0) is 13.8. The maximum atomic E-state index is 13.9. The molecule has 1 heterocycles. The Morgan fingerprint density at radius 3 is 2.37 bits per heavy atom. The van der Waals surface area contributed by atoms with E-state index in [1.165, 1.54) is 12.8 Å². The van der Waals surface area contributed by atoms with Gasteiger partial charge in [0.25, 0.3) is 0 Å². The lowest BCUT2D eigenvalue weighted by molar-refractivity contribution is 0.524. The molecule has 1 aliphatic carbocycles. The topological polar surface area (TPSA) is 28.2 Å². The zero-order valence-electron chi connectivity index (χ0n) is 11.5. The second-order valence-corrected chi connectivity index (χ2v) is 5.13. The number of anilines is 2. The molecule has 0 aromatic carbocycles. The summed E-state index contributed by atoms with van der Waals surface area (Å²) in [7, 11) is 3.43. The number of nitrogens with zero attached hydrogens (tertiary/aromatic N) is 2. The van der Waals surface area contributed by atoms with Crippen molar-refractivity contribution in [3.05, 3.63) is 17.7 Å². The van der Waals surface area contributed by atoms with Gasteiger partial charge in [-0.3, -0.25) is 0 Å². The molecule has 106 valence electrons. The monoisotopic (exact) mass is 269 g/mol. The fraction of sp³-hybridized carbons (Fsp3) is 0.643. The van der Waals surface area contributed by atoms with Gasteiger partial charge in [0, 0.05) is 26.2 Å². The highest BCUT2D eigenvalue weighted by atomic mass is 19.1. The molecule has 19 heavy (non-hydrogen) atoms. The van der Waals surface area contributed by atoms with E-state index in [4.69, 9.17) is 0 Å². The molecule has 0 unspecified atom stereocenters. The van der Waals surface area contributed by atoms with Crippen molar-refractivity contribution in [2.45, 2.75) is 44.6 Å². The molecule has 0 amide bonds. The van der Waals surface area contributed by atoms with E-state index >= 15 is 0 Å². The first-order chi connectivity index (χ1) is 9.13. The summed E-state index contributed by atoms with van der Waals surface area (Å²) in [5, 5.41) is 2.65. The highest BCUT2D eigenvalue weighted by Gasteiger charge is 2.22. The molecule has 1 saturated carbocycles. The fourth-order valence-corrected chi connectivity index (χ4v) is 2.70. The molecule has 1 aliphatic rings. The van der Waals surface area contributed by atoms with Gasteiger partial charge >= 0.3 is 0 Å². The molecule has 0 spiro atoms. The van der Waals surface area contributed by atoms with Gasteiger partial charge in [0.2, 0.25) is 0 Å². The van der Waals surface area contributed by atoms with E-state index < -0.39 is 11.6 Å². The molecule has 5 heteroatoms. The number of nitrogens with one attached hydrogen (secondary N) is 1. The first-order valence-corrected chi connectivity index (χ1v) is 6.90. The van der Waals surface area contributed by atoms with Crippen LogP contribution in [0.1, 0.15) is 38.5 Å². The summed E-state index contributed by atoms with van der Waals surface area (Å²) in [5.41, 5.74) is 0. The SMILES string of the molecule is CNc1nc(N(C)C2CCCCCC2)c(F)cc1F. The van der Waals surface area contributed by atoms with Crippen molar-refractivity contribution in [2.75, 3.05) is 24.3 Å². The third-order valence-corrected chi connectivity index (χ3v) is 3.85. The largest absolute Gasteiger partial charge is 0.371 e. The highest BCUT2D eigenvalue weighted by Crippen LogP contribution is 2.27. The molecule has 1 fully saturated rings. The van der Waals surface area contributed by atoms with Gasteiger partial charge in [0.15, 0.2) is 23.3 Å². The van der Waals surface area contributed by atoms with Crippen LogP contribution in [0.4, 0.5) is 20.4 Å². The van der Waals surface area contributed by atoms with Crippen LogP contribution in [0.2, 0.25) is 0 Å². The molecule has 0 atom stereocenters. The molecular formula is C14H21F2N3. The molecule has 0 aliphatic heterocycles. The molecule has 0 radical (unpaired) electrons. The van der Waals surface area contributed by atoms with Crippen LogP contribution in [0, 0.1) is 11.6 Å². The number of hydrogen-bond acceptors (Lipinski definition) is 3. The summed E-state index contributed by atoms with van der Waals surface area (Å²) in [6.45, 7) is 0. The molecule has 1 aromatic heterocycles. The Labute approximate surface area is 113 Å². The smallest absolute Gasteiger partial charge is 0.168 e. The van der Waals surface area contributed by atoms with Crippen LogP contribution in [0.5, 0.6) is 0 Å². The number of aromatic nitrogens is 1. The van der Waals surface area contributed by atoms with Crippen molar-refractivity contribution in [2.24, 2.45) is 0 Å². The Morgan fingerprint density at radius 1 is 1.16 bits per heavy atom. The Balaban J connectivity index is 2.24. The Kier molecular flexibility index (Phi) is 4.56. The maximum absolute atomic E-state index is 13.9. The summed E-state index contributed by atoms with van der Waals surface area (Å²) in [5.74, 6) is -0.921. The van der Waals surface area contributed by atoms with Crippen LogP contribution in [-0.2, 0) is 0 Å². The Hall–Kier alpha value is -1.39. The van der Waals surface area contributed by atoms with Gasteiger partial charge < -0.3 is 10.2 Å². The van der Waals surface area contributed by atoms with Crippen LogP contribution in [-0.4, -0.2) is 25.1 Å². The van der Waals surface area contributed by atoms with E-state index in [0.29, 0.717) is 6.04 Å². The third kappa shape index (κ3) is 3.14. The molecule has 3 nitrogen and oxygen atoms in total. The number of halogens is 2. The Morgan fingerprint density at radius 2 is 1.79 bits per heavy atom. The predicted molar refractivity (Wildman–Crippen MR) is 73.6 cm³/mol. The van der Waals surface area contributed by atoms with E-state index in [1.807, 2.05) is 11.9 Å². The molecule has 1 N–H and O–H groups in total. The highest BCUT2D eigenvalue weighted by molar-refractivity contribution is 5.49. The van der Waals surface area contributed by atoms with Crippen LogP contribution in [0.25, 0.3) is 0 Å². The van der Waals surface area contributed by atoms with Gasteiger partial charge in [-0.25, -0.2) is 13.8 Å². The normalized spacial score (nSPS) is 17.1. The number of rotatable bonds is 3. The van der Waals surface area contributed by atoms with Gasteiger partial charge in [-0.2, -0.15) is 0 Å². The third-order valence-electron chi connectivity index (χ3n) is 3.85. The van der Waals surface area contributed by atoms with Crippen LogP contribution in [0.15, 0.2) is 6.07 Å². The van der Waals surface area contributed by atoms with E-state index in [1.54, 1.807) is 7.05 Å². The minimum Gasteiger partial charge on any atom is -0.371 e. The van der Waals surface area contributed by atoms with Crippen molar-refractivity contribution in [1.82, 2.24) is 4.98 Å². The minimum atomic E-state index is -0.655. The van der Waals surface area contributed by atoms with Crippen molar-refractivity contribution in [3.63, 3.8) is 0 Å². The van der Waals surface area contributed by atoms with E-state index in [2.05, 4.69) is 10.3 Å². The minimum absolute atomic E-state index is 0.0943. The molecule has 0 bridgehead atoms. The lowest BCUT2D eigenvalue weighted by Crippen LogP contribution is -2.32. The van der Waals surface area contributed by atoms with Gasteiger partial charge in [-0.05, 0) is 12.8 Å². The average Bonchev–Trinajstić information content (AvgIpc) is 2.67. The van der Waals surface area contributed by atoms with Gasteiger partial charge in [-0.1, -0.05) is 25.7 Å². The lowest BCUT2D eigenvalue weighted by atomic mass is 10.1. The van der Waals surface area contributed by atoms with Crippen molar-refractivity contribution >= 4 is 11.6 Å². The maximum Gasteiger partial charge on any atom is 0.168 e. The summed E-state index contributed by atoms with van der Waals surface area (Å²) < 4.78 is 27.3. The van der Waals surface area contributed by atoms with E-state index in [9.17, 15) is 8.78 Å². The van der Waals surface area contributed by atoms with E-state index in [-0.39, 0.29) is 11.6 Å². The summed E-state index contributed by atoms with van der Waals surface area (Å²) >= 11 is 0. The quantitative estimate of drug-likeness (QED) is 0.850. The standard InChI is InChI=1S/C14H21F2N3/c1-17-13-11(15)9-12(16)14(18-13)19(2)10-7-5-3-4-6-8-10/h9-10H,3-8H2,1-2H3,(H,17,18). The molecule has 1 aromatic rings. The fourth-order valence-electron chi connectivity index (χ4n) is 2.70. The summed E-state index contributed by atoms with van der Waals surface area (Å²) in [4.78, 5) is 5.92. The van der Waals surface area contributed by atoms with Crippen molar-refractivity contribution in [3.8, 4) is 0 Å². The molecular weight excluding hydrogens is 248 g/mol. The molecule has 2 rings (SSSR count). The first-order valence-electron chi connectivity index (χ1n) is 6.90. The second kappa shape index (κ2) is 6.17. The Bertz CT molecular complexity index is 429. The second-order valence-electron chi connectivity index (χ2n) is 5.13. The molecule has 0 saturated heterocycles. The predicted octanol–water partition coefficient (Wildman–Crippen LogP) is 3.56. The number of pyridine rings is 1. The first kappa shape index (κ1) is 14.0. The number of hydrogen-bond donors (Lipinski definition) is 1. The lowest BCUT2D eigenvalue weighted by Gasteiger charge is -2.28. The van der Waals surface area contributed by atoms with Crippen molar-refractivity contribution < 1.29 is 8.78 Å². The van der Waals surface area contributed by atoms with Gasteiger partial charge in [-0.15, -0.1) is 0 Å². The van der Waals surface area contributed by atoms with Crippen LogP contribution >= 0.6 is 0 Å². The van der Waals surface area contributed by atoms with Crippen LogP contribution < -0.4 is 10.2 Å². The van der Waals surface area contributed by atoms with Crippen molar-refractivity contribution in [1.29, 1.82) is 0 Å². The van der Waals surface area contributed by atoms with Crippen LogP contribution in [0.3, 0.4) is 0 Å². The average molecular weight is 269 g/mol. The zero-order valence-corrected chi connectivity index (χ0v) is 11.5. The van der Waals surface area contributed by atoms with Gasteiger partial charge in [0.1, 0.15) is 0 Å². The summed E-state index contributed by atoms with van der Waals surface area (Å²) in [6, 6.07) is 1.20. The van der Waals surface area contributed by atoms with E-state index in [0.717, 1.165) is 31.7 Å².